The number of carbonyl (C=O) groups is 2. The summed E-state index contributed by atoms with van der Waals surface area (Å²) < 4.78 is 37.2. The second kappa shape index (κ2) is 10.3. The van der Waals surface area contributed by atoms with Gasteiger partial charge in [0.15, 0.2) is 5.82 Å². The van der Waals surface area contributed by atoms with Gasteiger partial charge in [-0.1, -0.05) is 56.3 Å². The zero-order valence-corrected chi connectivity index (χ0v) is 19.4. The van der Waals surface area contributed by atoms with Gasteiger partial charge >= 0.3 is 12.1 Å². The number of carboxylic acids is 1. The highest BCUT2D eigenvalue weighted by molar-refractivity contribution is 5.99. The third kappa shape index (κ3) is 6.66. The molecule has 2 heterocycles. The van der Waals surface area contributed by atoms with Crippen LogP contribution in [0.15, 0.2) is 47.0 Å². The van der Waals surface area contributed by atoms with Crippen molar-refractivity contribution in [2.45, 2.75) is 52.0 Å². The number of aromatic nitrogens is 2. The van der Waals surface area contributed by atoms with Crippen LogP contribution in [0.4, 0.5) is 13.2 Å². The lowest BCUT2D eigenvalue weighted by Gasteiger charge is -2.11. The van der Waals surface area contributed by atoms with Gasteiger partial charge in [0.25, 0.3) is 11.8 Å². The Morgan fingerprint density at radius 3 is 2.37 bits per heavy atom. The molecule has 35 heavy (non-hydrogen) atoms. The number of nitrogens with one attached hydrogen (secondary N) is 2. The Labute approximate surface area is 199 Å². The number of alkyl halides is 3. The van der Waals surface area contributed by atoms with Gasteiger partial charge in [-0.2, -0.15) is 18.2 Å². The summed E-state index contributed by atoms with van der Waals surface area (Å²) in [5.74, 6) is -1.94. The summed E-state index contributed by atoms with van der Waals surface area (Å²) in [6.07, 6.45) is -5.08. The van der Waals surface area contributed by atoms with E-state index in [0.29, 0.717) is 29.4 Å². The third-order valence-electron chi connectivity index (χ3n) is 5.10. The molecule has 0 spiro atoms. The van der Waals surface area contributed by atoms with Gasteiger partial charge in [0.2, 0.25) is 0 Å². The van der Waals surface area contributed by atoms with Gasteiger partial charge in [0.1, 0.15) is 0 Å². The molecule has 0 radical (unpaired) electrons. The maximum Gasteiger partial charge on any atom is 0.490 e. The van der Waals surface area contributed by atoms with Crippen molar-refractivity contribution in [3.63, 3.8) is 0 Å². The van der Waals surface area contributed by atoms with Crippen LogP contribution in [-0.2, 0) is 29.8 Å². The van der Waals surface area contributed by atoms with Crippen molar-refractivity contribution in [3.05, 3.63) is 70.5 Å². The van der Waals surface area contributed by atoms with E-state index < -0.39 is 12.1 Å². The van der Waals surface area contributed by atoms with E-state index in [9.17, 15) is 18.0 Å². The highest BCUT2D eigenvalue weighted by Gasteiger charge is 2.38. The highest BCUT2D eigenvalue weighted by atomic mass is 19.4. The maximum atomic E-state index is 12.8. The summed E-state index contributed by atoms with van der Waals surface area (Å²) in [7, 11) is 0. The number of carbonyl (C=O) groups excluding carboxylic acids is 1. The predicted octanol–water partition coefficient (Wildman–Crippen LogP) is 4.20. The second-order valence-electron chi connectivity index (χ2n) is 8.91. The molecule has 4 rings (SSSR count). The number of hydrogen-bond acceptors (Lipinski definition) is 6. The summed E-state index contributed by atoms with van der Waals surface area (Å²) in [6, 6.07) is 13.6. The van der Waals surface area contributed by atoms with E-state index in [1.54, 1.807) is 6.07 Å². The highest BCUT2D eigenvalue weighted by Crippen LogP contribution is 2.26. The summed E-state index contributed by atoms with van der Waals surface area (Å²) in [6.45, 7) is 8.33. The zero-order valence-electron chi connectivity index (χ0n) is 19.4. The van der Waals surface area contributed by atoms with Crippen molar-refractivity contribution in [1.82, 2.24) is 20.8 Å². The molecule has 0 atom stereocenters. The minimum Gasteiger partial charge on any atom is -0.475 e. The largest absolute Gasteiger partial charge is 0.490 e. The molecule has 11 heteroatoms. The first kappa shape index (κ1) is 25.9. The normalized spacial score (nSPS) is 13.0. The molecule has 0 saturated heterocycles. The van der Waals surface area contributed by atoms with Gasteiger partial charge in [-0.3, -0.25) is 4.79 Å². The number of aliphatic carboxylic acids is 1. The van der Waals surface area contributed by atoms with Gasteiger partial charge < -0.3 is 20.3 Å². The molecule has 186 valence electrons. The van der Waals surface area contributed by atoms with E-state index in [1.165, 1.54) is 11.1 Å². The molecule has 0 fully saturated rings. The van der Waals surface area contributed by atoms with Crippen molar-refractivity contribution in [2.24, 2.45) is 0 Å². The molecule has 1 aromatic heterocycles. The Morgan fingerprint density at radius 2 is 1.74 bits per heavy atom. The first-order chi connectivity index (χ1) is 16.4. The molecule has 1 amide bonds. The van der Waals surface area contributed by atoms with Crippen molar-refractivity contribution in [3.8, 4) is 11.5 Å². The van der Waals surface area contributed by atoms with Crippen LogP contribution in [0.25, 0.3) is 11.5 Å². The molecule has 0 saturated carbocycles. The monoisotopic (exact) mass is 490 g/mol. The van der Waals surface area contributed by atoms with E-state index in [0.717, 1.165) is 18.7 Å². The van der Waals surface area contributed by atoms with Crippen LogP contribution in [0.2, 0.25) is 0 Å². The fraction of sp³-hybridized carbons (Fsp3) is 0.333. The minimum absolute atomic E-state index is 0.162. The smallest absolute Gasteiger partial charge is 0.475 e. The van der Waals surface area contributed by atoms with Crippen LogP contribution in [0.5, 0.6) is 0 Å². The van der Waals surface area contributed by atoms with Crippen LogP contribution in [0.3, 0.4) is 0 Å². The van der Waals surface area contributed by atoms with E-state index in [-0.39, 0.29) is 11.3 Å². The molecule has 0 aliphatic carbocycles. The first-order valence-corrected chi connectivity index (χ1v) is 10.7. The van der Waals surface area contributed by atoms with E-state index in [1.807, 2.05) is 39.0 Å². The Morgan fingerprint density at radius 1 is 1.09 bits per heavy atom. The number of fused-ring (bicyclic) bond motifs is 1. The van der Waals surface area contributed by atoms with Gasteiger partial charge in [-0.15, -0.1) is 0 Å². The van der Waals surface area contributed by atoms with E-state index in [2.05, 4.69) is 39.0 Å². The number of benzene rings is 2. The van der Waals surface area contributed by atoms with Crippen molar-refractivity contribution in [1.29, 1.82) is 0 Å². The fourth-order valence-corrected chi connectivity index (χ4v) is 3.24. The quantitative estimate of drug-likeness (QED) is 0.502. The first-order valence-electron chi connectivity index (χ1n) is 10.7. The second-order valence-corrected chi connectivity index (χ2v) is 8.91. The number of carboxylic acid groups (broad SMARTS) is 1. The maximum absolute atomic E-state index is 12.8. The van der Waals surface area contributed by atoms with Crippen LogP contribution < -0.4 is 10.6 Å². The topological polar surface area (TPSA) is 117 Å². The summed E-state index contributed by atoms with van der Waals surface area (Å²) in [5, 5.41) is 17.5. The average Bonchev–Trinajstić information content (AvgIpc) is 3.46. The zero-order chi connectivity index (χ0) is 25.8. The van der Waals surface area contributed by atoms with Crippen LogP contribution in [0, 0.1) is 0 Å². The molecule has 0 bridgehead atoms. The summed E-state index contributed by atoms with van der Waals surface area (Å²) >= 11 is 0. The Balaban J connectivity index is 0.000000429. The fourth-order valence-electron chi connectivity index (χ4n) is 3.24. The van der Waals surface area contributed by atoms with Crippen LogP contribution >= 0.6 is 0 Å². The van der Waals surface area contributed by atoms with Gasteiger partial charge in [0.05, 0.1) is 11.1 Å². The Bertz CT molecular complexity index is 1220. The van der Waals surface area contributed by atoms with Crippen molar-refractivity contribution >= 4 is 11.9 Å². The number of halogens is 3. The van der Waals surface area contributed by atoms with Gasteiger partial charge in [-0.05, 0) is 28.8 Å². The summed E-state index contributed by atoms with van der Waals surface area (Å²) in [5.41, 5.74) is 4.65. The molecular weight excluding hydrogens is 465 g/mol. The predicted molar refractivity (Wildman–Crippen MR) is 120 cm³/mol. The molecule has 2 aromatic carbocycles. The average molecular weight is 490 g/mol. The molecule has 8 nitrogen and oxygen atoms in total. The number of hydrogen-bond donors (Lipinski definition) is 3. The Kier molecular flexibility index (Phi) is 7.59. The number of amides is 1. The van der Waals surface area contributed by atoms with E-state index in [4.69, 9.17) is 14.4 Å². The van der Waals surface area contributed by atoms with E-state index >= 15 is 0 Å². The molecule has 1 aliphatic rings. The standard InChI is InChI=1S/C22H24N4O2.C2HF3O2/c1-22(2,3)21-25-20(28-26-21)18-7-5-4-6-17(18)19(27)24-11-14-8-9-15-12-23-13-16(15)10-14;3-2(4,5)1(6)7/h4-10,23H,11-13H2,1-3H3,(H,24,27);(H,6,7). The third-order valence-corrected chi connectivity index (χ3v) is 5.10. The van der Waals surface area contributed by atoms with Crippen LogP contribution in [-0.4, -0.2) is 33.3 Å². The lowest BCUT2D eigenvalue weighted by Crippen LogP contribution is -2.23. The molecule has 1 aliphatic heterocycles. The van der Waals surface area contributed by atoms with Crippen molar-refractivity contribution < 1.29 is 32.4 Å². The van der Waals surface area contributed by atoms with Crippen LogP contribution in [0.1, 0.15) is 53.6 Å². The minimum atomic E-state index is -5.08. The lowest BCUT2D eigenvalue weighted by molar-refractivity contribution is -0.192. The summed E-state index contributed by atoms with van der Waals surface area (Å²) in [4.78, 5) is 26.2. The lowest BCUT2D eigenvalue weighted by atomic mass is 9.96. The number of nitrogens with zero attached hydrogens (tertiary/aromatic N) is 2. The number of rotatable bonds is 4. The molecular formula is C24H25F3N4O4. The molecule has 0 unspecified atom stereocenters. The van der Waals surface area contributed by atoms with Gasteiger partial charge in [-0.25, -0.2) is 4.79 Å². The Hall–Kier alpha value is -3.73. The van der Waals surface area contributed by atoms with Gasteiger partial charge in [0, 0.05) is 25.0 Å². The van der Waals surface area contributed by atoms with Crippen molar-refractivity contribution in [2.75, 3.05) is 0 Å². The SMILES string of the molecule is CC(C)(C)c1noc(-c2ccccc2C(=O)NCc2ccc3c(c2)CNC3)n1.O=C(O)C(F)(F)F. The molecule has 3 aromatic rings. The molecule has 3 N–H and O–H groups in total.